The van der Waals surface area contributed by atoms with Crippen molar-refractivity contribution >= 4 is 17.9 Å². The Kier molecular flexibility index (Phi) is 3.34. The molecule has 3 nitrogen and oxygen atoms in total. The van der Waals surface area contributed by atoms with Gasteiger partial charge in [-0.05, 0) is 31.5 Å². The van der Waals surface area contributed by atoms with Crippen molar-refractivity contribution in [3.63, 3.8) is 0 Å². The van der Waals surface area contributed by atoms with Gasteiger partial charge < -0.3 is 4.57 Å². The number of carbonyl (C=O) groups is 1. The van der Waals surface area contributed by atoms with Gasteiger partial charge in [-0.25, -0.2) is 0 Å². The highest BCUT2D eigenvalue weighted by Crippen LogP contribution is 2.20. The monoisotopic (exact) mass is 261 g/mol. The summed E-state index contributed by atoms with van der Waals surface area (Å²) < 4.78 is 1.77. The van der Waals surface area contributed by atoms with Crippen LogP contribution in [0.5, 0.6) is 0 Å². The molecule has 0 fully saturated rings. The van der Waals surface area contributed by atoms with E-state index in [2.05, 4.69) is 0 Å². The summed E-state index contributed by atoms with van der Waals surface area (Å²) in [6.07, 6.45) is 2.10. The number of hydrogen-bond donors (Lipinski definition) is 0. The summed E-state index contributed by atoms with van der Waals surface area (Å²) in [5, 5.41) is 0.651. The number of aromatic nitrogens is 1. The van der Waals surface area contributed by atoms with Gasteiger partial charge in [0.2, 0.25) is 0 Å². The van der Waals surface area contributed by atoms with Crippen LogP contribution in [-0.4, -0.2) is 10.9 Å². The number of benzene rings is 1. The highest BCUT2D eigenvalue weighted by molar-refractivity contribution is 6.31. The van der Waals surface area contributed by atoms with Gasteiger partial charge in [0.1, 0.15) is 0 Å². The van der Waals surface area contributed by atoms with Gasteiger partial charge in [-0.1, -0.05) is 17.7 Å². The Morgan fingerprint density at radius 3 is 2.56 bits per heavy atom. The third-order valence-electron chi connectivity index (χ3n) is 2.83. The normalized spacial score (nSPS) is 10.4. The summed E-state index contributed by atoms with van der Waals surface area (Å²) in [5.41, 5.74) is 2.43. The molecule has 0 spiro atoms. The van der Waals surface area contributed by atoms with Gasteiger partial charge in [-0.3, -0.25) is 9.59 Å². The fraction of sp³-hybridized carbons (Fsp3) is 0.143. The molecule has 0 unspecified atom stereocenters. The first-order valence-corrected chi connectivity index (χ1v) is 5.85. The lowest BCUT2D eigenvalue weighted by Crippen LogP contribution is -2.13. The van der Waals surface area contributed by atoms with E-state index in [0.29, 0.717) is 11.3 Å². The van der Waals surface area contributed by atoms with E-state index in [0.717, 1.165) is 16.9 Å². The van der Waals surface area contributed by atoms with Crippen molar-refractivity contribution in [2.45, 2.75) is 13.8 Å². The maximum atomic E-state index is 11.5. The van der Waals surface area contributed by atoms with Crippen molar-refractivity contribution in [2.75, 3.05) is 0 Å². The number of nitrogens with zero attached hydrogens (tertiary/aromatic N) is 1. The quantitative estimate of drug-likeness (QED) is 0.780. The van der Waals surface area contributed by atoms with Crippen LogP contribution in [0.15, 0.2) is 35.3 Å². The molecule has 92 valence electrons. The van der Waals surface area contributed by atoms with Gasteiger partial charge in [0.15, 0.2) is 11.7 Å². The number of aryl methyl sites for hydroxylation is 2. The van der Waals surface area contributed by atoms with Crippen LogP contribution >= 0.6 is 11.6 Å². The minimum Gasteiger partial charge on any atom is -0.320 e. The predicted molar refractivity (Wildman–Crippen MR) is 71.9 cm³/mol. The number of aldehydes is 1. The average Bonchev–Trinajstić information content (AvgIpc) is 2.33. The van der Waals surface area contributed by atoms with Crippen molar-refractivity contribution in [1.82, 2.24) is 4.57 Å². The molecule has 1 aromatic carbocycles. The Hall–Kier alpha value is -1.87. The summed E-state index contributed by atoms with van der Waals surface area (Å²) in [5.74, 6) is 0. The summed E-state index contributed by atoms with van der Waals surface area (Å²) in [6, 6.07) is 7.05. The molecule has 2 aromatic rings. The fourth-order valence-corrected chi connectivity index (χ4v) is 1.92. The zero-order valence-corrected chi connectivity index (χ0v) is 10.9. The molecule has 1 aromatic heterocycles. The van der Waals surface area contributed by atoms with Crippen LogP contribution in [0.3, 0.4) is 0 Å². The number of pyridine rings is 1. The molecule has 0 aliphatic heterocycles. The van der Waals surface area contributed by atoms with Gasteiger partial charge in [-0.2, -0.15) is 0 Å². The minimum atomic E-state index is -0.267. The molecule has 0 aliphatic carbocycles. The lowest BCUT2D eigenvalue weighted by atomic mass is 10.2. The SMILES string of the molecule is Cc1ccc(-n2cc(C=O)c(=O)cc2C)cc1Cl. The zero-order valence-electron chi connectivity index (χ0n) is 10.1. The minimum absolute atomic E-state index is 0.136. The Balaban J connectivity index is 2.66. The molecule has 2 rings (SSSR count). The predicted octanol–water partition coefficient (Wildman–Crippen LogP) is 2.92. The van der Waals surface area contributed by atoms with Crippen LogP contribution in [0.25, 0.3) is 5.69 Å². The van der Waals surface area contributed by atoms with Crippen LogP contribution in [0, 0.1) is 13.8 Å². The Bertz CT molecular complexity index is 674. The molecule has 0 aliphatic rings. The topological polar surface area (TPSA) is 39.1 Å². The smallest absolute Gasteiger partial charge is 0.192 e. The van der Waals surface area contributed by atoms with Gasteiger partial charge in [-0.15, -0.1) is 0 Å². The Labute approximate surface area is 110 Å². The number of carbonyl (C=O) groups excluding carboxylic acids is 1. The van der Waals surface area contributed by atoms with Crippen molar-refractivity contribution in [3.05, 3.63) is 62.5 Å². The van der Waals surface area contributed by atoms with E-state index >= 15 is 0 Å². The summed E-state index contributed by atoms with van der Waals surface area (Å²) in [7, 11) is 0. The standard InChI is InChI=1S/C14H12ClNO2/c1-9-3-4-12(6-13(9)15)16-7-11(8-17)14(18)5-10(16)2/h3-8H,1-2H3. The van der Waals surface area contributed by atoms with Gasteiger partial charge >= 0.3 is 0 Å². The largest absolute Gasteiger partial charge is 0.320 e. The van der Waals surface area contributed by atoms with Crippen LogP contribution in [0.2, 0.25) is 5.02 Å². The second-order valence-corrected chi connectivity index (χ2v) is 4.56. The first kappa shape index (κ1) is 12.6. The first-order valence-electron chi connectivity index (χ1n) is 5.48. The van der Waals surface area contributed by atoms with Crippen molar-refractivity contribution in [3.8, 4) is 5.69 Å². The molecule has 0 saturated heterocycles. The first-order chi connectivity index (χ1) is 8.52. The average molecular weight is 262 g/mol. The second kappa shape index (κ2) is 4.78. The number of hydrogen-bond acceptors (Lipinski definition) is 2. The Morgan fingerprint density at radius 2 is 1.94 bits per heavy atom. The second-order valence-electron chi connectivity index (χ2n) is 4.16. The molecular formula is C14H12ClNO2. The molecule has 0 saturated carbocycles. The molecule has 0 radical (unpaired) electrons. The van der Waals surface area contributed by atoms with Crippen molar-refractivity contribution in [2.24, 2.45) is 0 Å². The molecule has 0 atom stereocenters. The number of halogens is 1. The van der Waals surface area contributed by atoms with E-state index in [1.165, 1.54) is 12.3 Å². The van der Waals surface area contributed by atoms with E-state index in [9.17, 15) is 9.59 Å². The van der Waals surface area contributed by atoms with E-state index in [-0.39, 0.29) is 11.0 Å². The third-order valence-corrected chi connectivity index (χ3v) is 3.24. The van der Waals surface area contributed by atoms with Gasteiger partial charge in [0.05, 0.1) is 5.56 Å². The molecule has 4 heteroatoms. The molecule has 18 heavy (non-hydrogen) atoms. The maximum Gasteiger partial charge on any atom is 0.192 e. The fourth-order valence-electron chi connectivity index (χ4n) is 1.75. The molecule has 1 heterocycles. The van der Waals surface area contributed by atoms with Gasteiger partial charge in [0.25, 0.3) is 0 Å². The molecular weight excluding hydrogens is 250 g/mol. The van der Waals surface area contributed by atoms with Crippen LogP contribution in [-0.2, 0) is 0 Å². The molecule has 0 bridgehead atoms. The van der Waals surface area contributed by atoms with Crippen molar-refractivity contribution < 1.29 is 4.79 Å². The van der Waals surface area contributed by atoms with Crippen LogP contribution in [0.4, 0.5) is 0 Å². The lowest BCUT2D eigenvalue weighted by molar-refractivity contribution is 0.112. The van der Waals surface area contributed by atoms with Crippen LogP contribution < -0.4 is 5.43 Å². The van der Waals surface area contributed by atoms with Crippen LogP contribution in [0.1, 0.15) is 21.6 Å². The molecule has 0 amide bonds. The van der Waals surface area contributed by atoms with E-state index in [4.69, 9.17) is 11.6 Å². The van der Waals surface area contributed by atoms with E-state index < -0.39 is 0 Å². The Morgan fingerprint density at radius 1 is 1.22 bits per heavy atom. The summed E-state index contributed by atoms with van der Waals surface area (Å²) >= 11 is 6.08. The zero-order chi connectivity index (χ0) is 13.3. The summed E-state index contributed by atoms with van der Waals surface area (Å²) in [4.78, 5) is 22.3. The summed E-state index contributed by atoms with van der Waals surface area (Å²) in [6.45, 7) is 3.73. The maximum absolute atomic E-state index is 11.5. The molecule has 0 N–H and O–H groups in total. The third kappa shape index (κ3) is 2.22. The lowest BCUT2D eigenvalue weighted by Gasteiger charge is -2.12. The highest BCUT2D eigenvalue weighted by atomic mass is 35.5. The number of rotatable bonds is 2. The van der Waals surface area contributed by atoms with Crippen molar-refractivity contribution in [1.29, 1.82) is 0 Å². The van der Waals surface area contributed by atoms with Gasteiger partial charge in [0, 0.05) is 28.7 Å². The van der Waals surface area contributed by atoms with E-state index in [1.54, 1.807) is 4.57 Å². The van der Waals surface area contributed by atoms with E-state index in [1.807, 2.05) is 32.0 Å². The highest BCUT2D eigenvalue weighted by Gasteiger charge is 2.06.